The molecule has 1 amide bonds. The van der Waals surface area contributed by atoms with Crippen molar-refractivity contribution in [2.45, 2.75) is 43.8 Å². The van der Waals surface area contributed by atoms with Crippen LogP contribution in [0.15, 0.2) is 51.7 Å². The zero-order valence-electron chi connectivity index (χ0n) is 18.6. The molecular weight excluding hydrogens is 467 g/mol. The Balaban J connectivity index is 1.47. The second-order valence-electron chi connectivity index (χ2n) is 9.21. The van der Waals surface area contributed by atoms with Crippen molar-refractivity contribution in [3.05, 3.63) is 69.3 Å². The number of rotatable bonds is 3. The van der Waals surface area contributed by atoms with Crippen LogP contribution in [0.1, 0.15) is 40.9 Å². The van der Waals surface area contributed by atoms with Crippen molar-refractivity contribution in [2.75, 3.05) is 0 Å². The van der Waals surface area contributed by atoms with E-state index in [2.05, 4.69) is 4.98 Å². The molecule has 2 aromatic heterocycles. The highest BCUT2D eigenvalue weighted by molar-refractivity contribution is 7.18. The number of thiophene rings is 1. The van der Waals surface area contributed by atoms with Gasteiger partial charge >= 0.3 is 5.76 Å². The third kappa shape index (κ3) is 3.66. The summed E-state index contributed by atoms with van der Waals surface area (Å²) in [7, 11) is 0. The van der Waals surface area contributed by atoms with Gasteiger partial charge in [-0.1, -0.05) is 6.07 Å². The molecule has 7 nitrogen and oxygen atoms in total. The number of halogens is 1. The first-order chi connectivity index (χ1) is 16.9. The van der Waals surface area contributed by atoms with E-state index in [-0.39, 0.29) is 29.6 Å². The Morgan fingerprint density at radius 1 is 1.14 bits per heavy atom. The van der Waals surface area contributed by atoms with E-state index in [1.807, 2.05) is 17.0 Å². The number of fused-ring (bicyclic) bond motifs is 3. The standard InChI is InChI=1S/C26H21FN4O3S/c27-20-7-13(1-2-15(20)12-28)19-11-23(25(32)31-17-4-5-18(31)10-16(29)9-17)35-24(19)14-3-6-22-21(8-14)30-26(33)34-22/h1-3,6-8,11,16-18H,4-5,9-10,29H2,(H,30,33). The van der Waals surface area contributed by atoms with Crippen LogP contribution in [0.25, 0.3) is 32.7 Å². The van der Waals surface area contributed by atoms with Crippen LogP contribution in [0.3, 0.4) is 0 Å². The Morgan fingerprint density at radius 2 is 1.89 bits per heavy atom. The summed E-state index contributed by atoms with van der Waals surface area (Å²) in [5.41, 5.74) is 9.14. The number of aromatic nitrogens is 1. The minimum atomic E-state index is -0.618. The molecule has 0 aliphatic carbocycles. The van der Waals surface area contributed by atoms with E-state index in [1.165, 1.54) is 23.5 Å². The molecule has 4 heterocycles. The number of carbonyl (C=O) groups is 1. The lowest BCUT2D eigenvalue weighted by Gasteiger charge is -2.37. The third-order valence-corrected chi connectivity index (χ3v) is 8.20. The van der Waals surface area contributed by atoms with E-state index in [0.717, 1.165) is 36.1 Å². The van der Waals surface area contributed by atoms with Crippen molar-refractivity contribution in [1.82, 2.24) is 9.88 Å². The Morgan fingerprint density at radius 3 is 2.60 bits per heavy atom. The molecular formula is C26H21FN4O3S. The number of oxazole rings is 1. The molecule has 3 N–H and O–H groups in total. The molecule has 176 valence electrons. The second kappa shape index (κ2) is 8.18. The molecule has 4 aromatic rings. The van der Waals surface area contributed by atoms with Gasteiger partial charge in [-0.2, -0.15) is 5.26 Å². The molecule has 0 spiro atoms. The number of nitriles is 1. The summed E-state index contributed by atoms with van der Waals surface area (Å²) in [6.45, 7) is 0. The van der Waals surface area contributed by atoms with Gasteiger partial charge in [-0.05, 0) is 73.2 Å². The Hall–Kier alpha value is -3.74. The number of nitrogens with zero attached hydrogens (tertiary/aromatic N) is 2. The van der Waals surface area contributed by atoms with Gasteiger partial charge in [0.25, 0.3) is 5.91 Å². The minimum absolute atomic E-state index is 0.0335. The van der Waals surface area contributed by atoms with Gasteiger partial charge in [0.15, 0.2) is 5.58 Å². The highest BCUT2D eigenvalue weighted by Gasteiger charge is 2.43. The van der Waals surface area contributed by atoms with Crippen molar-refractivity contribution in [3.63, 3.8) is 0 Å². The van der Waals surface area contributed by atoms with Crippen molar-refractivity contribution in [1.29, 1.82) is 5.26 Å². The zero-order valence-corrected chi connectivity index (χ0v) is 19.4. The predicted octanol–water partition coefficient (Wildman–Crippen LogP) is 4.62. The normalized spacial score (nSPS) is 21.4. The van der Waals surface area contributed by atoms with E-state index in [9.17, 15) is 14.0 Å². The molecule has 2 unspecified atom stereocenters. The molecule has 2 atom stereocenters. The van der Waals surface area contributed by atoms with Gasteiger partial charge in [-0.25, -0.2) is 9.18 Å². The number of aromatic amines is 1. The van der Waals surface area contributed by atoms with Gasteiger partial charge in [0.1, 0.15) is 11.9 Å². The molecule has 0 radical (unpaired) electrons. The largest absolute Gasteiger partial charge is 0.417 e. The summed E-state index contributed by atoms with van der Waals surface area (Å²) >= 11 is 1.34. The molecule has 0 saturated carbocycles. The van der Waals surface area contributed by atoms with Gasteiger partial charge in [-0.15, -0.1) is 11.3 Å². The third-order valence-electron chi connectivity index (χ3n) is 7.03. The number of benzene rings is 2. The van der Waals surface area contributed by atoms with E-state index in [0.29, 0.717) is 27.1 Å². The summed E-state index contributed by atoms with van der Waals surface area (Å²) in [4.78, 5) is 31.3. The average molecular weight is 489 g/mol. The van der Waals surface area contributed by atoms with Crippen LogP contribution >= 0.6 is 11.3 Å². The number of hydrogen-bond acceptors (Lipinski definition) is 6. The summed E-state index contributed by atoms with van der Waals surface area (Å²) in [5, 5.41) is 9.13. The molecule has 6 rings (SSSR count). The minimum Gasteiger partial charge on any atom is -0.408 e. The molecule has 2 aliphatic heterocycles. The van der Waals surface area contributed by atoms with E-state index in [4.69, 9.17) is 15.4 Å². The van der Waals surface area contributed by atoms with Gasteiger partial charge in [-0.3, -0.25) is 9.78 Å². The second-order valence-corrected chi connectivity index (χ2v) is 10.3. The molecule has 2 bridgehead atoms. The molecule has 9 heteroatoms. The summed E-state index contributed by atoms with van der Waals surface area (Å²) < 4.78 is 19.6. The van der Waals surface area contributed by atoms with Crippen LogP contribution in [-0.2, 0) is 0 Å². The van der Waals surface area contributed by atoms with E-state index in [1.54, 1.807) is 24.3 Å². The van der Waals surface area contributed by atoms with Crippen molar-refractivity contribution < 1.29 is 13.6 Å². The lowest BCUT2D eigenvalue weighted by Crippen LogP contribution is -2.49. The maximum absolute atomic E-state index is 14.5. The number of H-pyrrole nitrogens is 1. The van der Waals surface area contributed by atoms with Gasteiger partial charge in [0, 0.05) is 28.6 Å². The van der Waals surface area contributed by atoms with Crippen molar-refractivity contribution in [2.24, 2.45) is 5.73 Å². The Labute approximate surface area is 203 Å². The first kappa shape index (κ1) is 21.8. The lowest BCUT2D eigenvalue weighted by molar-refractivity contribution is 0.0580. The predicted molar refractivity (Wildman–Crippen MR) is 130 cm³/mol. The monoisotopic (exact) mass is 488 g/mol. The fourth-order valence-corrected chi connectivity index (χ4v) is 6.59. The molecule has 2 saturated heterocycles. The summed E-state index contributed by atoms with van der Waals surface area (Å²) in [6, 6.07) is 13.8. The van der Waals surface area contributed by atoms with Crippen LogP contribution < -0.4 is 11.5 Å². The van der Waals surface area contributed by atoms with Crippen molar-refractivity contribution >= 4 is 28.3 Å². The summed E-state index contributed by atoms with van der Waals surface area (Å²) in [5.74, 6) is -1.20. The zero-order chi connectivity index (χ0) is 24.3. The molecule has 2 fully saturated rings. The highest BCUT2D eigenvalue weighted by Crippen LogP contribution is 2.43. The Bertz CT molecular complexity index is 1570. The molecule has 35 heavy (non-hydrogen) atoms. The van der Waals surface area contributed by atoms with Crippen molar-refractivity contribution in [3.8, 4) is 27.6 Å². The maximum atomic E-state index is 14.5. The lowest BCUT2D eigenvalue weighted by atomic mass is 9.97. The van der Waals surface area contributed by atoms with Crippen LogP contribution in [0.4, 0.5) is 4.39 Å². The van der Waals surface area contributed by atoms with Gasteiger partial charge < -0.3 is 15.1 Å². The van der Waals surface area contributed by atoms with Crippen LogP contribution in [0.2, 0.25) is 0 Å². The summed E-state index contributed by atoms with van der Waals surface area (Å²) in [6.07, 6.45) is 3.53. The van der Waals surface area contributed by atoms with E-state index >= 15 is 0 Å². The first-order valence-corrected chi connectivity index (χ1v) is 12.3. The number of nitrogens with two attached hydrogens (primary N) is 1. The fraction of sp³-hybridized carbons (Fsp3) is 0.269. The number of carbonyl (C=O) groups excluding carboxylic acids is 1. The number of amides is 1. The van der Waals surface area contributed by atoms with Gasteiger partial charge in [0.2, 0.25) is 0 Å². The van der Waals surface area contributed by atoms with E-state index < -0.39 is 11.6 Å². The maximum Gasteiger partial charge on any atom is 0.417 e. The highest BCUT2D eigenvalue weighted by atomic mass is 32.1. The Kier molecular flexibility index (Phi) is 5.09. The van der Waals surface area contributed by atoms with Gasteiger partial charge in [0.05, 0.1) is 16.0 Å². The van der Waals surface area contributed by atoms with Crippen LogP contribution in [0, 0.1) is 17.1 Å². The SMILES string of the molecule is N#Cc1ccc(-c2cc(C(=O)N3C4CCC3CC(N)C4)sc2-c2ccc3oc(=O)[nH]c3c2)cc1F. The fourth-order valence-electron chi connectivity index (χ4n) is 5.47. The number of nitrogens with one attached hydrogen (secondary N) is 1. The smallest absolute Gasteiger partial charge is 0.408 e. The average Bonchev–Trinajstić information content (AvgIpc) is 3.51. The molecule has 2 aliphatic rings. The van der Waals surface area contributed by atoms with Crippen LogP contribution in [-0.4, -0.2) is 33.9 Å². The number of hydrogen-bond donors (Lipinski definition) is 2. The number of piperidine rings is 1. The quantitative estimate of drug-likeness (QED) is 0.436. The molecule has 2 aromatic carbocycles. The van der Waals surface area contributed by atoms with Crippen LogP contribution in [0.5, 0.6) is 0 Å². The first-order valence-electron chi connectivity index (χ1n) is 11.5. The topological polar surface area (TPSA) is 116 Å².